The summed E-state index contributed by atoms with van der Waals surface area (Å²) in [4.78, 5) is 40.4. The van der Waals surface area contributed by atoms with Gasteiger partial charge in [0.05, 0.1) is 12.1 Å². The molecular weight excluding hydrogens is 386 g/mol. The Morgan fingerprint density at radius 1 is 1.17 bits per heavy atom. The van der Waals surface area contributed by atoms with Crippen LogP contribution in [0.2, 0.25) is 0 Å². The van der Waals surface area contributed by atoms with Crippen LogP contribution in [0.5, 0.6) is 5.75 Å². The number of hydrogen-bond donors (Lipinski definition) is 2. The van der Waals surface area contributed by atoms with Crippen molar-refractivity contribution in [2.45, 2.75) is 6.54 Å². The second kappa shape index (κ2) is 8.79. The first-order chi connectivity index (χ1) is 14.4. The van der Waals surface area contributed by atoms with Crippen molar-refractivity contribution in [3.8, 4) is 11.8 Å². The average Bonchev–Trinajstić information content (AvgIpc) is 2.75. The van der Waals surface area contributed by atoms with Gasteiger partial charge < -0.3 is 15.4 Å². The molecule has 0 aliphatic rings. The van der Waals surface area contributed by atoms with Gasteiger partial charge in [0.15, 0.2) is 12.3 Å². The molecule has 1 heterocycles. The Bertz CT molecular complexity index is 1220. The molecule has 0 spiro atoms. The SMILES string of the molecule is CN(C(=O)COc1ccccc1C#N)c1c(N)n(Cc2ccccc2)c(=O)[nH]c1=O. The topological polar surface area (TPSA) is 134 Å². The molecule has 152 valence electrons. The summed E-state index contributed by atoms with van der Waals surface area (Å²) >= 11 is 0. The van der Waals surface area contributed by atoms with Gasteiger partial charge in [-0.2, -0.15) is 5.26 Å². The van der Waals surface area contributed by atoms with Crippen LogP contribution in [0.4, 0.5) is 11.5 Å². The van der Waals surface area contributed by atoms with E-state index in [9.17, 15) is 14.4 Å². The number of aromatic nitrogens is 2. The predicted octanol–water partition coefficient (Wildman–Crippen LogP) is 1.08. The van der Waals surface area contributed by atoms with E-state index >= 15 is 0 Å². The van der Waals surface area contributed by atoms with E-state index in [-0.39, 0.29) is 29.4 Å². The number of carbonyl (C=O) groups excluding carboxylic acids is 1. The molecule has 2 aromatic carbocycles. The zero-order valence-electron chi connectivity index (χ0n) is 16.2. The van der Waals surface area contributed by atoms with E-state index in [1.807, 2.05) is 36.4 Å². The molecule has 0 saturated carbocycles. The highest BCUT2D eigenvalue weighted by Crippen LogP contribution is 2.19. The Labute approximate surface area is 171 Å². The van der Waals surface area contributed by atoms with Crippen molar-refractivity contribution < 1.29 is 9.53 Å². The number of nitriles is 1. The van der Waals surface area contributed by atoms with Gasteiger partial charge in [0, 0.05) is 7.05 Å². The third-order valence-corrected chi connectivity index (χ3v) is 4.47. The predicted molar refractivity (Wildman–Crippen MR) is 111 cm³/mol. The minimum Gasteiger partial charge on any atom is -0.482 e. The second-order valence-corrected chi connectivity index (χ2v) is 6.41. The lowest BCUT2D eigenvalue weighted by Crippen LogP contribution is -2.41. The van der Waals surface area contributed by atoms with Crippen molar-refractivity contribution in [2.75, 3.05) is 24.3 Å². The van der Waals surface area contributed by atoms with Crippen LogP contribution >= 0.6 is 0 Å². The Hall–Kier alpha value is -4.32. The maximum absolute atomic E-state index is 12.6. The van der Waals surface area contributed by atoms with Crippen molar-refractivity contribution in [1.82, 2.24) is 9.55 Å². The number of amides is 1. The maximum atomic E-state index is 12.6. The number of H-pyrrole nitrogens is 1. The van der Waals surface area contributed by atoms with Gasteiger partial charge in [0.1, 0.15) is 17.6 Å². The summed E-state index contributed by atoms with van der Waals surface area (Å²) in [6.07, 6.45) is 0. The summed E-state index contributed by atoms with van der Waals surface area (Å²) in [5.74, 6) is -0.469. The molecule has 3 rings (SSSR count). The average molecular weight is 405 g/mol. The molecule has 0 radical (unpaired) electrons. The minimum atomic E-state index is -0.782. The normalized spacial score (nSPS) is 10.3. The molecule has 0 aliphatic carbocycles. The fraction of sp³-hybridized carbons (Fsp3) is 0.143. The van der Waals surface area contributed by atoms with E-state index in [1.54, 1.807) is 24.3 Å². The van der Waals surface area contributed by atoms with Gasteiger partial charge in [-0.15, -0.1) is 0 Å². The van der Waals surface area contributed by atoms with Gasteiger partial charge in [-0.25, -0.2) is 4.79 Å². The number of ether oxygens (including phenoxy) is 1. The highest BCUT2D eigenvalue weighted by atomic mass is 16.5. The molecular formula is C21H19N5O4. The first kappa shape index (κ1) is 20.4. The number of carbonyl (C=O) groups is 1. The Balaban J connectivity index is 1.86. The number of nitrogen functional groups attached to an aromatic ring is 1. The lowest BCUT2D eigenvalue weighted by Gasteiger charge is -2.20. The third kappa shape index (κ3) is 4.23. The van der Waals surface area contributed by atoms with Crippen LogP contribution in [0.3, 0.4) is 0 Å². The van der Waals surface area contributed by atoms with Crippen molar-refractivity contribution in [1.29, 1.82) is 5.26 Å². The number of para-hydroxylation sites is 1. The minimum absolute atomic E-state index is 0.128. The van der Waals surface area contributed by atoms with Gasteiger partial charge in [-0.1, -0.05) is 42.5 Å². The molecule has 9 nitrogen and oxygen atoms in total. The standard InChI is InChI=1S/C21H19N5O4/c1-25(17(27)13-30-16-10-6-5-9-15(16)11-22)18-19(23)26(21(29)24-20(18)28)12-14-7-3-2-4-8-14/h2-10H,12-13,23H2,1H3,(H,24,28,29). The van der Waals surface area contributed by atoms with Crippen LogP contribution < -0.4 is 26.6 Å². The number of anilines is 2. The number of likely N-dealkylation sites (N-methyl/N-ethyl adjacent to an activating group) is 1. The summed E-state index contributed by atoms with van der Waals surface area (Å²) < 4.78 is 6.61. The number of aromatic amines is 1. The highest BCUT2D eigenvalue weighted by Gasteiger charge is 2.21. The number of hydrogen-bond acceptors (Lipinski definition) is 6. The number of nitrogens with one attached hydrogen (secondary N) is 1. The molecule has 0 bridgehead atoms. The van der Waals surface area contributed by atoms with Crippen LogP contribution in [0.25, 0.3) is 0 Å². The van der Waals surface area contributed by atoms with Crippen LogP contribution in [0, 0.1) is 11.3 Å². The smallest absolute Gasteiger partial charge is 0.330 e. The van der Waals surface area contributed by atoms with Crippen molar-refractivity contribution in [3.63, 3.8) is 0 Å². The molecule has 1 aromatic heterocycles. The molecule has 9 heteroatoms. The van der Waals surface area contributed by atoms with Crippen molar-refractivity contribution in [3.05, 3.63) is 86.6 Å². The van der Waals surface area contributed by atoms with E-state index in [0.717, 1.165) is 10.5 Å². The molecule has 3 N–H and O–H groups in total. The summed E-state index contributed by atoms with van der Waals surface area (Å²) in [5.41, 5.74) is 5.55. The van der Waals surface area contributed by atoms with Gasteiger partial charge in [0.2, 0.25) is 0 Å². The summed E-state index contributed by atoms with van der Waals surface area (Å²) in [6, 6.07) is 17.5. The van der Waals surface area contributed by atoms with E-state index in [2.05, 4.69) is 4.98 Å². The van der Waals surface area contributed by atoms with Gasteiger partial charge in [-0.3, -0.25) is 19.1 Å². The monoisotopic (exact) mass is 405 g/mol. The fourth-order valence-corrected chi connectivity index (χ4v) is 2.87. The molecule has 0 fully saturated rings. The zero-order chi connectivity index (χ0) is 21.7. The van der Waals surface area contributed by atoms with Crippen LogP contribution in [-0.2, 0) is 11.3 Å². The maximum Gasteiger partial charge on any atom is 0.330 e. The van der Waals surface area contributed by atoms with E-state index in [4.69, 9.17) is 15.7 Å². The van der Waals surface area contributed by atoms with Crippen LogP contribution in [0.15, 0.2) is 64.2 Å². The Kier molecular flexibility index (Phi) is 5.98. The Morgan fingerprint density at radius 2 is 1.83 bits per heavy atom. The largest absolute Gasteiger partial charge is 0.482 e. The molecule has 0 unspecified atom stereocenters. The number of nitrogens with two attached hydrogens (primary N) is 1. The molecule has 0 atom stereocenters. The fourth-order valence-electron chi connectivity index (χ4n) is 2.87. The van der Waals surface area contributed by atoms with E-state index in [0.29, 0.717) is 0 Å². The lowest BCUT2D eigenvalue weighted by molar-refractivity contribution is -0.120. The van der Waals surface area contributed by atoms with Gasteiger partial charge in [0.25, 0.3) is 11.5 Å². The highest BCUT2D eigenvalue weighted by molar-refractivity contribution is 5.96. The lowest BCUT2D eigenvalue weighted by atomic mass is 10.2. The molecule has 0 aliphatic heterocycles. The van der Waals surface area contributed by atoms with Gasteiger partial charge in [-0.05, 0) is 17.7 Å². The van der Waals surface area contributed by atoms with Crippen molar-refractivity contribution >= 4 is 17.4 Å². The van der Waals surface area contributed by atoms with Gasteiger partial charge >= 0.3 is 5.69 Å². The summed E-state index contributed by atoms with van der Waals surface area (Å²) in [7, 11) is 1.36. The van der Waals surface area contributed by atoms with Crippen molar-refractivity contribution in [2.24, 2.45) is 0 Å². The quantitative estimate of drug-likeness (QED) is 0.630. The Morgan fingerprint density at radius 3 is 2.53 bits per heavy atom. The first-order valence-electron chi connectivity index (χ1n) is 8.97. The van der Waals surface area contributed by atoms with Crippen LogP contribution in [0.1, 0.15) is 11.1 Å². The number of nitrogens with zero attached hydrogens (tertiary/aromatic N) is 3. The molecule has 1 amide bonds. The molecule has 3 aromatic rings. The first-order valence-corrected chi connectivity index (χ1v) is 8.97. The number of benzene rings is 2. The zero-order valence-corrected chi connectivity index (χ0v) is 16.2. The van der Waals surface area contributed by atoms with Crippen LogP contribution in [-0.4, -0.2) is 29.1 Å². The number of rotatable bonds is 6. The molecule has 0 saturated heterocycles. The summed E-state index contributed by atoms with van der Waals surface area (Å²) in [5, 5.41) is 9.10. The third-order valence-electron chi connectivity index (χ3n) is 4.47. The molecule has 30 heavy (non-hydrogen) atoms. The second-order valence-electron chi connectivity index (χ2n) is 6.41. The van der Waals surface area contributed by atoms with E-state index < -0.39 is 23.8 Å². The van der Waals surface area contributed by atoms with E-state index in [1.165, 1.54) is 11.6 Å². The summed E-state index contributed by atoms with van der Waals surface area (Å²) in [6.45, 7) is -0.296.